The Hall–Kier alpha value is -1.39. The number of methoxy groups -OCH3 is 3. The first kappa shape index (κ1) is 19.9. The van der Waals surface area contributed by atoms with Crippen LogP contribution in [0.5, 0.6) is 11.5 Å². The van der Waals surface area contributed by atoms with Crippen molar-refractivity contribution in [3.63, 3.8) is 0 Å². The van der Waals surface area contributed by atoms with E-state index in [0.29, 0.717) is 36.6 Å². The Morgan fingerprint density at radius 2 is 2.04 bits per heavy atom. The van der Waals surface area contributed by atoms with Crippen molar-refractivity contribution in [1.29, 1.82) is 0 Å². The lowest BCUT2D eigenvalue weighted by Crippen LogP contribution is -2.40. The maximum absolute atomic E-state index is 12.7. The molecule has 0 aromatic heterocycles. The highest BCUT2D eigenvalue weighted by atomic mass is 32.2. The number of benzene rings is 1. The van der Waals surface area contributed by atoms with Gasteiger partial charge in [-0.1, -0.05) is 0 Å². The second-order valence-corrected chi connectivity index (χ2v) is 7.70. The number of hydrogen-bond acceptors (Lipinski definition) is 7. The molecule has 0 aliphatic carbocycles. The van der Waals surface area contributed by atoms with Crippen molar-refractivity contribution in [2.24, 2.45) is 0 Å². The van der Waals surface area contributed by atoms with Gasteiger partial charge < -0.3 is 14.2 Å². The molecule has 1 fully saturated rings. The second kappa shape index (κ2) is 8.81. The highest BCUT2D eigenvalue weighted by molar-refractivity contribution is 7.90. The first-order valence-corrected chi connectivity index (χ1v) is 9.54. The summed E-state index contributed by atoms with van der Waals surface area (Å²) in [6.07, 6.45) is 0.603. The summed E-state index contributed by atoms with van der Waals surface area (Å²) in [5.41, 5.74) is 0.703. The van der Waals surface area contributed by atoms with E-state index >= 15 is 0 Å². The van der Waals surface area contributed by atoms with Crippen LogP contribution in [0.1, 0.15) is 18.0 Å². The molecule has 1 heterocycles. The Morgan fingerprint density at radius 3 is 2.68 bits per heavy atom. The van der Waals surface area contributed by atoms with Crippen molar-refractivity contribution in [3.05, 3.63) is 23.8 Å². The number of hydrogen-bond donors (Lipinski definition) is 1. The fourth-order valence-corrected chi connectivity index (χ4v) is 4.40. The molecule has 1 aliphatic heterocycles. The molecule has 1 N–H and O–H groups in total. The monoisotopic (exact) mass is 374 g/mol. The molecule has 0 saturated carbocycles. The standard InChI is InChI=1S/C16H26N2O6S/c1-18-16(13-10-12(22-3)6-7-14(13)23-4)15(11-24-18)25(19,20)17-8-5-9-21-2/h6-7,10,15-17H,5,8-9,11H2,1-4H3. The summed E-state index contributed by atoms with van der Waals surface area (Å²) in [7, 11) is 2.82. The smallest absolute Gasteiger partial charge is 0.218 e. The average molecular weight is 374 g/mol. The molecule has 25 heavy (non-hydrogen) atoms. The quantitative estimate of drug-likeness (QED) is 0.644. The minimum Gasteiger partial charge on any atom is -0.497 e. The molecule has 0 spiro atoms. The summed E-state index contributed by atoms with van der Waals surface area (Å²) in [4.78, 5) is 5.51. The predicted octanol–water partition coefficient (Wildman–Crippen LogP) is 0.946. The van der Waals surface area contributed by atoms with Gasteiger partial charge in [0.1, 0.15) is 16.7 Å². The predicted molar refractivity (Wildman–Crippen MR) is 93.2 cm³/mol. The maximum Gasteiger partial charge on any atom is 0.218 e. The van der Waals surface area contributed by atoms with Crippen molar-refractivity contribution in [2.75, 3.05) is 48.1 Å². The van der Waals surface area contributed by atoms with Gasteiger partial charge in [0.2, 0.25) is 10.0 Å². The summed E-state index contributed by atoms with van der Waals surface area (Å²) < 4.78 is 43.8. The van der Waals surface area contributed by atoms with E-state index in [2.05, 4.69) is 4.72 Å². The molecular weight excluding hydrogens is 348 g/mol. The largest absolute Gasteiger partial charge is 0.497 e. The molecule has 1 aromatic rings. The Balaban J connectivity index is 2.29. The summed E-state index contributed by atoms with van der Waals surface area (Å²) in [6, 6.07) is 4.80. The van der Waals surface area contributed by atoms with Gasteiger partial charge in [0.15, 0.2) is 0 Å². The van der Waals surface area contributed by atoms with E-state index in [0.717, 1.165) is 0 Å². The van der Waals surface area contributed by atoms with Crippen molar-refractivity contribution < 1.29 is 27.5 Å². The minimum absolute atomic E-state index is 0.0706. The van der Waals surface area contributed by atoms with E-state index < -0.39 is 21.3 Å². The van der Waals surface area contributed by atoms with Crippen LogP contribution in [0.15, 0.2) is 18.2 Å². The zero-order valence-corrected chi connectivity index (χ0v) is 15.8. The maximum atomic E-state index is 12.7. The number of ether oxygens (including phenoxy) is 3. The van der Waals surface area contributed by atoms with Crippen LogP contribution in [0.3, 0.4) is 0 Å². The highest BCUT2D eigenvalue weighted by Gasteiger charge is 2.44. The van der Waals surface area contributed by atoms with Gasteiger partial charge >= 0.3 is 0 Å². The SMILES string of the molecule is COCCCNS(=O)(=O)C1CON(C)C1c1cc(OC)ccc1OC. The molecule has 0 amide bonds. The minimum atomic E-state index is -3.58. The number of sulfonamides is 1. The molecule has 1 aliphatic rings. The fourth-order valence-electron chi connectivity index (χ4n) is 2.86. The third-order valence-electron chi connectivity index (χ3n) is 4.17. The first-order chi connectivity index (χ1) is 11.9. The van der Waals surface area contributed by atoms with Crippen LogP contribution in [-0.4, -0.2) is 66.9 Å². The van der Waals surface area contributed by atoms with Crippen LogP contribution in [-0.2, 0) is 19.6 Å². The van der Waals surface area contributed by atoms with Crippen LogP contribution in [0.4, 0.5) is 0 Å². The van der Waals surface area contributed by atoms with Gasteiger partial charge in [-0.3, -0.25) is 4.84 Å². The van der Waals surface area contributed by atoms with Crippen LogP contribution >= 0.6 is 0 Å². The molecule has 0 bridgehead atoms. The van der Waals surface area contributed by atoms with Crippen molar-refractivity contribution in [2.45, 2.75) is 17.7 Å². The van der Waals surface area contributed by atoms with Crippen LogP contribution in [0.25, 0.3) is 0 Å². The second-order valence-electron chi connectivity index (χ2n) is 5.72. The molecule has 9 heteroatoms. The lowest BCUT2D eigenvalue weighted by molar-refractivity contribution is -0.110. The molecule has 142 valence electrons. The summed E-state index contributed by atoms with van der Waals surface area (Å²) >= 11 is 0. The highest BCUT2D eigenvalue weighted by Crippen LogP contribution is 2.39. The van der Waals surface area contributed by atoms with Crippen LogP contribution in [0, 0.1) is 0 Å². The fraction of sp³-hybridized carbons (Fsp3) is 0.625. The summed E-state index contributed by atoms with van der Waals surface area (Å²) in [5, 5.41) is 0.789. The Morgan fingerprint density at radius 1 is 1.28 bits per heavy atom. The van der Waals surface area contributed by atoms with Gasteiger partial charge in [-0.05, 0) is 24.6 Å². The van der Waals surface area contributed by atoms with Crippen LogP contribution < -0.4 is 14.2 Å². The van der Waals surface area contributed by atoms with E-state index in [1.807, 2.05) is 0 Å². The number of nitrogens with zero attached hydrogens (tertiary/aromatic N) is 1. The lowest BCUT2D eigenvalue weighted by Gasteiger charge is -2.25. The third-order valence-corrected chi connectivity index (χ3v) is 5.97. The molecule has 8 nitrogen and oxygen atoms in total. The van der Waals surface area contributed by atoms with Crippen molar-refractivity contribution in [3.8, 4) is 11.5 Å². The van der Waals surface area contributed by atoms with Gasteiger partial charge in [0, 0.05) is 32.9 Å². The molecule has 2 atom stereocenters. The van der Waals surface area contributed by atoms with E-state index in [4.69, 9.17) is 19.0 Å². The molecule has 2 unspecified atom stereocenters. The van der Waals surface area contributed by atoms with Gasteiger partial charge in [-0.2, -0.15) is 5.06 Å². The Kier molecular flexibility index (Phi) is 7.03. The van der Waals surface area contributed by atoms with E-state index in [9.17, 15) is 8.42 Å². The lowest BCUT2D eigenvalue weighted by atomic mass is 10.0. The van der Waals surface area contributed by atoms with E-state index in [1.54, 1.807) is 51.6 Å². The van der Waals surface area contributed by atoms with Gasteiger partial charge in [0.25, 0.3) is 0 Å². The Bertz CT molecular complexity index is 667. The zero-order chi connectivity index (χ0) is 18.4. The van der Waals surface area contributed by atoms with Crippen molar-refractivity contribution in [1.82, 2.24) is 9.79 Å². The normalized spacial score (nSPS) is 21.4. The average Bonchev–Trinajstić information content (AvgIpc) is 3.00. The van der Waals surface area contributed by atoms with Crippen molar-refractivity contribution >= 4 is 10.0 Å². The molecule has 0 radical (unpaired) electrons. The summed E-state index contributed by atoms with van der Waals surface area (Å²) in [6.45, 7) is 0.885. The number of rotatable bonds is 9. The van der Waals surface area contributed by atoms with Gasteiger partial charge in [0.05, 0.1) is 26.9 Å². The summed E-state index contributed by atoms with van der Waals surface area (Å²) in [5.74, 6) is 1.21. The molecule has 1 aromatic carbocycles. The van der Waals surface area contributed by atoms with Gasteiger partial charge in [-0.25, -0.2) is 13.1 Å². The Labute approximate surface area is 149 Å². The topological polar surface area (TPSA) is 86.3 Å². The zero-order valence-electron chi connectivity index (χ0n) is 15.0. The molecule has 1 saturated heterocycles. The number of hydroxylamine groups is 2. The third kappa shape index (κ3) is 4.62. The first-order valence-electron chi connectivity index (χ1n) is 7.99. The number of nitrogens with one attached hydrogen (secondary N) is 1. The van der Waals surface area contributed by atoms with E-state index in [1.165, 1.54) is 0 Å². The van der Waals surface area contributed by atoms with E-state index in [-0.39, 0.29) is 6.61 Å². The molecular formula is C16H26N2O6S. The van der Waals surface area contributed by atoms with Gasteiger partial charge in [-0.15, -0.1) is 0 Å². The molecule has 2 rings (SSSR count). The van der Waals surface area contributed by atoms with Crippen LogP contribution in [0.2, 0.25) is 0 Å².